The molecule has 4 aromatic rings. The van der Waals surface area contributed by atoms with E-state index < -0.39 is 34.4 Å². The largest absolute Gasteiger partial charge is 0.332 e. The van der Waals surface area contributed by atoms with Gasteiger partial charge in [0.05, 0.1) is 59.0 Å². The maximum Gasteiger partial charge on any atom is 0.332 e. The van der Waals surface area contributed by atoms with E-state index in [1.165, 1.54) is 22.8 Å². The van der Waals surface area contributed by atoms with E-state index in [2.05, 4.69) is 15.1 Å². The molecule has 1 fully saturated rings. The Hall–Kier alpha value is -3.87. The Bertz CT molecular complexity index is 1640. The van der Waals surface area contributed by atoms with Crippen LogP contribution in [0.15, 0.2) is 52.6 Å². The summed E-state index contributed by atoms with van der Waals surface area (Å²) in [5.41, 5.74) is 0.105. The van der Waals surface area contributed by atoms with Crippen LogP contribution in [0.3, 0.4) is 0 Å². The second kappa shape index (κ2) is 8.97. The maximum absolute atomic E-state index is 13.8. The van der Waals surface area contributed by atoms with Crippen LogP contribution in [0, 0.1) is 6.92 Å². The van der Waals surface area contributed by atoms with Crippen molar-refractivity contribution in [3.05, 3.63) is 80.8 Å². The number of alkyl halides is 1. The molecule has 1 aliphatic carbocycles. The van der Waals surface area contributed by atoms with E-state index in [1.54, 1.807) is 43.4 Å². The van der Waals surface area contributed by atoms with Crippen LogP contribution in [0.1, 0.15) is 29.8 Å². The average molecular weight is 514 g/mol. The number of hydrogen-bond donors (Lipinski definition) is 1. The Labute approximate surface area is 206 Å². The van der Waals surface area contributed by atoms with E-state index in [0.29, 0.717) is 29.6 Å². The topological polar surface area (TPSA) is 125 Å². The van der Waals surface area contributed by atoms with Gasteiger partial charge in [0.15, 0.2) is 0 Å². The Morgan fingerprint density at radius 3 is 2.44 bits per heavy atom. The highest BCUT2D eigenvalue weighted by atomic mass is 32.2. The van der Waals surface area contributed by atoms with Crippen LogP contribution in [0.2, 0.25) is 0 Å². The monoisotopic (exact) mass is 513 g/mol. The Morgan fingerprint density at radius 1 is 1.08 bits per heavy atom. The van der Waals surface area contributed by atoms with Gasteiger partial charge in [0.2, 0.25) is 10.9 Å². The number of thiol groups is 1. The average Bonchev–Trinajstić information content (AvgIpc) is 3.53. The molecule has 0 unspecified atom stereocenters. The van der Waals surface area contributed by atoms with E-state index in [-0.39, 0.29) is 24.2 Å². The minimum absolute atomic E-state index is 0.0286. The minimum atomic E-state index is -3.15. The fourth-order valence-corrected chi connectivity index (χ4v) is 5.24. The first kappa shape index (κ1) is 23.9. The van der Waals surface area contributed by atoms with E-state index in [4.69, 9.17) is 0 Å². The van der Waals surface area contributed by atoms with Crippen molar-refractivity contribution in [3.63, 3.8) is 0 Å². The molecule has 5 rings (SSSR count). The zero-order chi connectivity index (χ0) is 25.6. The predicted molar refractivity (Wildman–Crippen MR) is 131 cm³/mol. The summed E-state index contributed by atoms with van der Waals surface area (Å²) in [4.78, 5) is 35.6. The van der Waals surface area contributed by atoms with Gasteiger partial charge < -0.3 is 0 Å². The number of aromatic nitrogens is 6. The number of aryl methyl sites for hydroxylation is 2. The summed E-state index contributed by atoms with van der Waals surface area (Å²) in [6.07, 6.45) is 7.18. The minimum Gasteiger partial charge on any atom is -0.287 e. The number of rotatable bonds is 8. The smallest absolute Gasteiger partial charge is 0.287 e. The Morgan fingerprint density at radius 2 is 1.86 bits per heavy atom. The van der Waals surface area contributed by atoms with Gasteiger partial charge in [0, 0.05) is 25.0 Å². The molecule has 1 aliphatic rings. The molecule has 11 nitrogen and oxygen atoms in total. The van der Waals surface area contributed by atoms with Crippen molar-refractivity contribution in [2.45, 2.75) is 38.4 Å². The van der Waals surface area contributed by atoms with Crippen LogP contribution in [-0.2, 0) is 31.0 Å². The third kappa shape index (κ3) is 4.19. The molecule has 3 aromatic heterocycles. The molecule has 36 heavy (non-hydrogen) atoms. The van der Waals surface area contributed by atoms with E-state index in [9.17, 15) is 22.4 Å². The molecule has 0 spiro atoms. The highest BCUT2D eigenvalue weighted by Gasteiger charge is 2.50. The Balaban J connectivity index is 1.72. The van der Waals surface area contributed by atoms with Gasteiger partial charge in [-0.15, -0.1) is 0 Å². The quantitative estimate of drug-likeness (QED) is 0.348. The van der Waals surface area contributed by atoms with Crippen LogP contribution in [0.5, 0.6) is 0 Å². The van der Waals surface area contributed by atoms with Gasteiger partial charge in [-0.05, 0) is 38.0 Å². The van der Waals surface area contributed by atoms with Crippen molar-refractivity contribution in [3.8, 4) is 0 Å². The number of hydrogen-bond acceptors (Lipinski definition) is 7. The molecule has 0 amide bonds. The molecule has 1 aromatic carbocycles. The fraction of sp³-hybridized carbons (Fsp3) is 0.348. The second-order valence-electron chi connectivity index (χ2n) is 9.04. The van der Waals surface area contributed by atoms with Gasteiger partial charge in [0.25, 0.3) is 5.56 Å². The summed E-state index contributed by atoms with van der Waals surface area (Å²) in [7, 11) is -1.42. The first-order valence-electron chi connectivity index (χ1n) is 11.3. The normalized spacial score (nSPS) is 14.4. The molecular formula is C23H24FN7O4S. The van der Waals surface area contributed by atoms with Gasteiger partial charge in [-0.25, -0.2) is 17.6 Å². The number of halogens is 1. The van der Waals surface area contributed by atoms with Crippen molar-refractivity contribution in [2.75, 3.05) is 11.0 Å². The van der Waals surface area contributed by atoms with Gasteiger partial charge in [0.1, 0.15) is 6.67 Å². The lowest BCUT2D eigenvalue weighted by Crippen LogP contribution is -2.41. The summed E-state index contributed by atoms with van der Waals surface area (Å²) in [5.74, 6) is 0. The van der Waals surface area contributed by atoms with Crippen molar-refractivity contribution >= 4 is 27.5 Å². The zero-order valence-corrected chi connectivity index (χ0v) is 20.6. The molecular weight excluding hydrogens is 489 g/mol. The van der Waals surface area contributed by atoms with Crippen LogP contribution >= 0.6 is 0 Å². The zero-order valence-electron chi connectivity index (χ0n) is 19.7. The molecule has 0 saturated heterocycles. The van der Waals surface area contributed by atoms with Gasteiger partial charge in [-0.2, -0.15) is 5.10 Å². The highest BCUT2D eigenvalue weighted by Crippen LogP contribution is 2.45. The third-order valence-electron chi connectivity index (χ3n) is 6.39. The summed E-state index contributed by atoms with van der Waals surface area (Å²) >= 11 is 0. The van der Waals surface area contributed by atoms with E-state index >= 15 is 0 Å². The molecule has 0 bridgehead atoms. The van der Waals surface area contributed by atoms with Gasteiger partial charge >= 0.3 is 5.69 Å². The molecule has 3 heterocycles. The molecule has 0 N–H and O–H groups in total. The van der Waals surface area contributed by atoms with Crippen molar-refractivity contribution in [1.29, 1.82) is 0 Å². The van der Waals surface area contributed by atoms with Gasteiger partial charge in [-0.1, -0.05) is 0 Å². The van der Waals surface area contributed by atoms with Gasteiger partial charge in [-0.3, -0.25) is 32.9 Å². The Kier molecular flexibility index (Phi) is 5.94. The standard InChI is InChI=1S/C23H24FN7O4S/c1-15-8-26-17(10-25-15)13-29-20-4-3-18(31(36(34)35)23(14-24)5-6-23)7-19(20)21(32)30(22(29)33)12-16-9-27-28(2)11-16/h3-4,7-11,36H,5-6,12-14H2,1-2H3. The van der Waals surface area contributed by atoms with Crippen LogP contribution in [0.4, 0.5) is 10.1 Å². The molecule has 188 valence electrons. The van der Waals surface area contributed by atoms with Crippen LogP contribution < -0.4 is 15.6 Å². The lowest BCUT2D eigenvalue weighted by atomic mass is 10.1. The lowest BCUT2D eigenvalue weighted by molar-refractivity contribution is 0.417. The predicted octanol–water partition coefficient (Wildman–Crippen LogP) is 0.927. The maximum atomic E-state index is 13.8. The fourth-order valence-electron chi connectivity index (χ4n) is 4.32. The molecule has 0 radical (unpaired) electrons. The first-order chi connectivity index (χ1) is 17.2. The molecule has 13 heteroatoms. The molecule has 0 atom stereocenters. The van der Waals surface area contributed by atoms with Crippen molar-refractivity contribution in [1.82, 2.24) is 28.9 Å². The van der Waals surface area contributed by atoms with Crippen LogP contribution in [-0.4, -0.2) is 49.5 Å². The first-order valence-corrected chi connectivity index (χ1v) is 12.4. The lowest BCUT2D eigenvalue weighted by Gasteiger charge is -2.26. The molecule has 0 aliphatic heterocycles. The number of nitrogens with zero attached hydrogens (tertiary/aromatic N) is 7. The third-order valence-corrected chi connectivity index (χ3v) is 7.38. The van der Waals surface area contributed by atoms with Crippen molar-refractivity contribution < 1.29 is 12.8 Å². The molecule has 1 saturated carbocycles. The second-order valence-corrected chi connectivity index (χ2v) is 9.92. The summed E-state index contributed by atoms with van der Waals surface area (Å²) < 4.78 is 43.0. The summed E-state index contributed by atoms with van der Waals surface area (Å²) in [5, 5.41) is 4.23. The van der Waals surface area contributed by atoms with Crippen molar-refractivity contribution in [2.24, 2.45) is 7.05 Å². The highest BCUT2D eigenvalue weighted by molar-refractivity contribution is 7.74. The summed E-state index contributed by atoms with van der Waals surface area (Å²) in [6, 6.07) is 4.42. The number of benzene rings is 1. The van der Waals surface area contributed by atoms with Crippen LogP contribution in [0.25, 0.3) is 10.9 Å². The van der Waals surface area contributed by atoms with E-state index in [0.717, 1.165) is 14.6 Å². The number of fused-ring (bicyclic) bond motifs is 1. The SMILES string of the molecule is Cc1cnc(Cn2c(=O)n(Cc3cnn(C)c3)c(=O)c3cc(N([SH](=O)=O)C4(CF)CC4)ccc32)cn1. The number of anilines is 1. The van der Waals surface area contributed by atoms with E-state index in [1.807, 2.05) is 0 Å². The summed E-state index contributed by atoms with van der Waals surface area (Å²) in [6.45, 7) is 0.984.